The molecule has 4 N–H and O–H groups in total. The predicted octanol–water partition coefficient (Wildman–Crippen LogP) is 5.23. The smallest absolute Gasteiger partial charge is 0.261 e. The first-order valence-electron chi connectivity index (χ1n) is 16.6. The van der Waals surface area contributed by atoms with E-state index in [1.165, 1.54) is 9.80 Å². The Morgan fingerprint density at radius 2 is 0.923 bits per heavy atom. The average molecular weight is 835 g/mol. The largest absolute Gasteiger partial charge is 0.508 e. The van der Waals surface area contributed by atoms with Crippen molar-refractivity contribution in [3.05, 3.63) is 81.9 Å². The van der Waals surface area contributed by atoms with Gasteiger partial charge in [0.05, 0.1) is 33.3 Å². The highest BCUT2D eigenvalue weighted by molar-refractivity contribution is 8.93. The number of rotatable bonds is 9. The fraction of sp³-hybridized carbons (Fsp3) is 0.263. The molecular weight excluding hydrogens is 796 g/mol. The number of imide groups is 2. The van der Waals surface area contributed by atoms with E-state index in [1.54, 1.807) is 36.4 Å². The lowest BCUT2D eigenvalue weighted by Gasteiger charge is -2.16. The molecule has 2 aliphatic rings. The minimum Gasteiger partial charge on any atom is -0.508 e. The maximum Gasteiger partial charge on any atom is 0.261 e. The number of fused-ring (bicyclic) bond motifs is 8. The van der Waals surface area contributed by atoms with Crippen LogP contribution < -0.4 is 10.6 Å². The van der Waals surface area contributed by atoms with E-state index in [-0.39, 0.29) is 82.2 Å². The molecule has 0 aliphatic carbocycles. The zero-order chi connectivity index (χ0) is 35.2. The molecule has 0 saturated carbocycles. The van der Waals surface area contributed by atoms with E-state index in [2.05, 4.69) is 10.6 Å². The summed E-state index contributed by atoms with van der Waals surface area (Å²) in [6, 6.07) is 13.8. The number of hydrogen-bond donors (Lipinski definition) is 4. The van der Waals surface area contributed by atoms with Crippen LogP contribution in [-0.4, -0.2) is 92.0 Å². The molecule has 12 nitrogen and oxygen atoms in total. The number of carbonyl (C=O) groups excluding carboxylic acids is 4. The summed E-state index contributed by atoms with van der Waals surface area (Å²) in [6.45, 7) is 6.04. The minimum atomic E-state index is -0.331. The van der Waals surface area contributed by atoms with Crippen molar-refractivity contribution in [1.82, 2.24) is 29.6 Å². The number of aryl methyl sites for hydroxylation is 4. The van der Waals surface area contributed by atoms with Crippen LogP contribution in [0.1, 0.15) is 52.6 Å². The molecule has 270 valence electrons. The zero-order valence-electron chi connectivity index (χ0n) is 29.0. The zero-order valence-corrected chi connectivity index (χ0v) is 32.4. The highest BCUT2D eigenvalue weighted by atomic mass is 79.9. The Kier molecular flexibility index (Phi) is 9.72. The van der Waals surface area contributed by atoms with Gasteiger partial charge in [-0.2, -0.15) is 0 Å². The molecule has 4 heterocycles. The molecule has 52 heavy (non-hydrogen) atoms. The third-order valence-electron chi connectivity index (χ3n) is 10.4. The third-order valence-corrected chi connectivity index (χ3v) is 10.4. The Balaban J connectivity index is 0.00000232. The number of phenolic OH excluding ortho intramolecular Hbond substituents is 2. The molecule has 2 aromatic heterocycles. The fourth-order valence-electron chi connectivity index (χ4n) is 8.04. The number of carbonyl (C=O) groups is 4. The highest BCUT2D eigenvalue weighted by Crippen LogP contribution is 2.39. The molecule has 0 spiro atoms. The molecule has 0 atom stereocenters. The van der Waals surface area contributed by atoms with Crippen LogP contribution in [0.2, 0.25) is 0 Å². The molecule has 4 amide bonds. The number of halogens is 2. The van der Waals surface area contributed by atoms with Crippen molar-refractivity contribution in [2.45, 2.75) is 13.8 Å². The summed E-state index contributed by atoms with van der Waals surface area (Å²) in [5, 5.41) is 30.0. The number of amides is 4. The Morgan fingerprint density at radius 1 is 0.538 bits per heavy atom. The Bertz CT molecular complexity index is 2350. The van der Waals surface area contributed by atoms with Crippen molar-refractivity contribution in [1.29, 1.82) is 0 Å². The van der Waals surface area contributed by atoms with Crippen LogP contribution in [-0.2, 0) is 14.1 Å². The summed E-state index contributed by atoms with van der Waals surface area (Å²) < 4.78 is 3.97. The van der Waals surface area contributed by atoms with Crippen molar-refractivity contribution in [3.63, 3.8) is 0 Å². The van der Waals surface area contributed by atoms with Gasteiger partial charge in [-0.1, -0.05) is 0 Å². The van der Waals surface area contributed by atoms with Gasteiger partial charge in [-0.05, 0) is 73.5 Å². The van der Waals surface area contributed by atoms with Gasteiger partial charge in [-0.3, -0.25) is 29.0 Å². The van der Waals surface area contributed by atoms with Crippen molar-refractivity contribution >= 4 is 101 Å². The average Bonchev–Trinajstić information content (AvgIpc) is 3.70. The molecule has 2 aliphatic heterocycles. The first-order chi connectivity index (χ1) is 24.0. The number of hydrogen-bond acceptors (Lipinski definition) is 8. The monoisotopic (exact) mass is 832 g/mol. The summed E-state index contributed by atoms with van der Waals surface area (Å²) in [4.78, 5) is 56.2. The summed E-state index contributed by atoms with van der Waals surface area (Å²) in [5.74, 6) is -1.01. The Hall–Kier alpha value is -4.76. The first-order valence-corrected chi connectivity index (χ1v) is 16.6. The molecule has 14 heteroatoms. The van der Waals surface area contributed by atoms with E-state index in [9.17, 15) is 29.4 Å². The van der Waals surface area contributed by atoms with Gasteiger partial charge in [-0.25, -0.2) is 0 Å². The van der Waals surface area contributed by atoms with Gasteiger partial charge in [-0.15, -0.1) is 34.0 Å². The Labute approximate surface area is 319 Å². The number of aromatic nitrogens is 2. The molecular formula is C38H38Br2N6O6. The van der Waals surface area contributed by atoms with Crippen LogP contribution >= 0.6 is 34.0 Å². The highest BCUT2D eigenvalue weighted by Gasteiger charge is 2.39. The van der Waals surface area contributed by atoms with Gasteiger partial charge in [0, 0.05) is 85.9 Å². The second-order valence-electron chi connectivity index (χ2n) is 13.2. The second kappa shape index (κ2) is 13.7. The molecule has 0 unspecified atom stereocenters. The van der Waals surface area contributed by atoms with Crippen LogP contribution in [0.15, 0.2) is 48.5 Å². The van der Waals surface area contributed by atoms with Crippen LogP contribution in [0.25, 0.3) is 43.6 Å². The Morgan fingerprint density at radius 3 is 1.31 bits per heavy atom. The molecule has 0 saturated heterocycles. The predicted molar refractivity (Wildman–Crippen MR) is 211 cm³/mol. The number of aromatic hydroxyl groups is 2. The van der Waals surface area contributed by atoms with Gasteiger partial charge < -0.3 is 30.0 Å². The van der Waals surface area contributed by atoms with E-state index < -0.39 is 0 Å². The second-order valence-corrected chi connectivity index (χ2v) is 13.2. The summed E-state index contributed by atoms with van der Waals surface area (Å²) in [6.07, 6.45) is 0. The quantitative estimate of drug-likeness (QED) is 0.114. The lowest BCUT2D eigenvalue weighted by atomic mass is 9.99. The lowest BCUT2D eigenvalue weighted by Crippen LogP contribution is -2.40. The SMILES string of the molecule is Br.Br.Cc1c2c(cc3c4cc(O)ccc4n(C)c13)C(=O)N(CCNCCNCCN1C(=O)c3cc4c5cc(O)ccc5n(C)c4c(C)c3C1=O)C2=O. The van der Waals surface area contributed by atoms with Crippen LogP contribution in [0.5, 0.6) is 11.5 Å². The molecule has 8 rings (SSSR count). The van der Waals surface area contributed by atoms with Crippen molar-refractivity contribution < 1.29 is 29.4 Å². The first kappa shape index (κ1) is 37.0. The fourth-order valence-corrected chi connectivity index (χ4v) is 8.04. The normalized spacial score (nSPS) is 13.9. The van der Waals surface area contributed by atoms with E-state index >= 15 is 0 Å². The summed E-state index contributed by atoms with van der Waals surface area (Å²) in [5.41, 5.74) is 6.60. The molecule has 4 aromatic carbocycles. The summed E-state index contributed by atoms with van der Waals surface area (Å²) >= 11 is 0. The maximum absolute atomic E-state index is 13.4. The van der Waals surface area contributed by atoms with Crippen LogP contribution in [0.4, 0.5) is 0 Å². The lowest BCUT2D eigenvalue weighted by molar-refractivity contribution is 0.0638. The molecule has 0 radical (unpaired) electrons. The summed E-state index contributed by atoms with van der Waals surface area (Å²) in [7, 11) is 3.82. The number of nitrogens with one attached hydrogen (secondary N) is 2. The van der Waals surface area contributed by atoms with Gasteiger partial charge in [0.2, 0.25) is 0 Å². The standard InChI is InChI=1S/C38H36N6O6.2BrH/c1-19-31-27(17-25-23-15-21(45)5-7-29(23)41(3)33(19)25)35(47)43(37(31)49)13-11-39-9-10-40-12-14-44-36(48)28-18-26-24-16-22(46)6-8-30(24)42(4)34(26)20(2)32(28)38(44)50;;/h5-8,15-18,39-40,45-46H,9-14H2,1-4H3;2*1H. The van der Waals surface area contributed by atoms with Crippen molar-refractivity contribution in [3.8, 4) is 11.5 Å². The van der Waals surface area contributed by atoms with Crippen molar-refractivity contribution in [2.24, 2.45) is 14.1 Å². The number of benzene rings is 4. The molecule has 0 bridgehead atoms. The molecule has 6 aromatic rings. The van der Waals surface area contributed by atoms with E-state index in [4.69, 9.17) is 0 Å². The van der Waals surface area contributed by atoms with E-state index in [0.717, 1.165) is 54.7 Å². The minimum absolute atomic E-state index is 0. The number of phenols is 2. The van der Waals surface area contributed by atoms with Crippen LogP contribution in [0, 0.1) is 13.8 Å². The third kappa shape index (κ3) is 5.38. The van der Waals surface area contributed by atoms with Crippen molar-refractivity contribution in [2.75, 3.05) is 39.3 Å². The number of nitrogens with zero attached hydrogens (tertiary/aromatic N) is 4. The molecule has 0 fully saturated rings. The van der Waals surface area contributed by atoms with E-state index in [0.29, 0.717) is 48.4 Å². The van der Waals surface area contributed by atoms with Gasteiger partial charge in [0.1, 0.15) is 11.5 Å². The maximum atomic E-state index is 13.4. The van der Waals surface area contributed by atoms with Gasteiger partial charge >= 0.3 is 0 Å². The van der Waals surface area contributed by atoms with E-state index in [1.807, 2.05) is 49.2 Å². The van der Waals surface area contributed by atoms with Gasteiger partial charge in [0.25, 0.3) is 23.6 Å². The van der Waals surface area contributed by atoms with Crippen LogP contribution in [0.3, 0.4) is 0 Å². The van der Waals surface area contributed by atoms with Gasteiger partial charge in [0.15, 0.2) is 0 Å². The topological polar surface area (TPSA) is 149 Å².